The van der Waals surface area contributed by atoms with Gasteiger partial charge in [-0.25, -0.2) is 4.98 Å². The van der Waals surface area contributed by atoms with Crippen LogP contribution in [0.5, 0.6) is 5.88 Å². The van der Waals surface area contributed by atoms with Crippen LogP contribution in [0.2, 0.25) is 0 Å². The number of hydrogen-bond acceptors (Lipinski definition) is 6. The predicted octanol–water partition coefficient (Wildman–Crippen LogP) is 4.73. The molecule has 5 rings (SSSR count). The molecule has 1 N–H and O–H groups in total. The van der Waals surface area contributed by atoms with E-state index in [2.05, 4.69) is 84.3 Å². The number of nitrogens with zero attached hydrogens (tertiary/aromatic N) is 5. The largest absolute Gasteiger partial charge is 0.492 e. The van der Waals surface area contributed by atoms with E-state index >= 15 is 0 Å². The molecule has 31 heavy (non-hydrogen) atoms. The van der Waals surface area contributed by atoms with E-state index in [-0.39, 0.29) is 11.9 Å². The summed E-state index contributed by atoms with van der Waals surface area (Å²) >= 11 is 5.14. The quantitative estimate of drug-likeness (QED) is 0.431. The van der Waals surface area contributed by atoms with Gasteiger partial charge in [-0.05, 0) is 29.8 Å². The van der Waals surface area contributed by atoms with Crippen molar-refractivity contribution in [1.82, 2.24) is 19.5 Å². The van der Waals surface area contributed by atoms with Crippen molar-refractivity contribution in [1.29, 1.82) is 0 Å². The molecule has 6 nitrogen and oxygen atoms in total. The highest BCUT2D eigenvalue weighted by Gasteiger charge is 2.32. The second-order valence-corrected chi connectivity index (χ2v) is 9.61. The molecule has 1 aliphatic rings. The van der Waals surface area contributed by atoms with Crippen molar-refractivity contribution >= 4 is 37.9 Å². The van der Waals surface area contributed by atoms with Crippen molar-refractivity contribution in [2.45, 2.75) is 19.4 Å². The predicted molar refractivity (Wildman–Crippen MR) is 128 cm³/mol. The van der Waals surface area contributed by atoms with Crippen LogP contribution in [0.15, 0.2) is 59.1 Å². The van der Waals surface area contributed by atoms with Gasteiger partial charge in [-0.15, -0.1) is 5.10 Å². The van der Waals surface area contributed by atoms with E-state index in [0.717, 1.165) is 58.3 Å². The van der Waals surface area contributed by atoms with Crippen LogP contribution in [0.4, 0.5) is 5.69 Å². The highest BCUT2D eigenvalue weighted by atomic mass is 79.9. The molecule has 0 spiro atoms. The molecule has 2 aromatic heterocycles. The Morgan fingerprint density at radius 3 is 2.52 bits per heavy atom. The summed E-state index contributed by atoms with van der Waals surface area (Å²) in [5.41, 5.74) is 2.41. The summed E-state index contributed by atoms with van der Waals surface area (Å²) in [5, 5.41) is 15.6. The summed E-state index contributed by atoms with van der Waals surface area (Å²) in [5.74, 6) is 0.950. The van der Waals surface area contributed by atoms with Gasteiger partial charge in [0.15, 0.2) is 5.82 Å². The summed E-state index contributed by atoms with van der Waals surface area (Å²) in [6.45, 7) is 5.71. The standard InChI is InChI=1S/C23H24BrN5OS/c1-2-19-25-23-29(26-19)22(30)21(31-23)20(16-7-6-8-17(24)15-16)28-13-11-27(12-14-28)18-9-4-3-5-10-18/h3-10,15,20,30H,2,11-14H2,1H3/t20-/m0/s1. The summed E-state index contributed by atoms with van der Waals surface area (Å²) in [7, 11) is 0. The molecular formula is C23H24BrN5OS. The average Bonchev–Trinajstić information content (AvgIpc) is 3.34. The topological polar surface area (TPSA) is 56.9 Å². The maximum absolute atomic E-state index is 11.1. The van der Waals surface area contributed by atoms with Gasteiger partial charge in [-0.2, -0.15) is 4.52 Å². The van der Waals surface area contributed by atoms with E-state index in [0.29, 0.717) is 0 Å². The number of benzene rings is 2. The first-order chi connectivity index (χ1) is 15.1. The Morgan fingerprint density at radius 2 is 1.84 bits per heavy atom. The first kappa shape index (κ1) is 20.5. The van der Waals surface area contributed by atoms with Crippen LogP contribution in [-0.2, 0) is 6.42 Å². The van der Waals surface area contributed by atoms with Crippen LogP contribution in [0.25, 0.3) is 4.96 Å². The first-order valence-corrected chi connectivity index (χ1v) is 12.1. The van der Waals surface area contributed by atoms with Gasteiger partial charge in [0.25, 0.3) is 0 Å². The number of para-hydroxylation sites is 1. The third kappa shape index (κ3) is 3.95. The number of halogens is 1. The third-order valence-electron chi connectivity index (χ3n) is 5.77. The van der Waals surface area contributed by atoms with Gasteiger partial charge in [0.1, 0.15) is 0 Å². The molecule has 1 fully saturated rings. The second kappa shape index (κ2) is 8.61. The van der Waals surface area contributed by atoms with Crippen LogP contribution < -0.4 is 4.90 Å². The molecule has 1 aliphatic heterocycles. The Kier molecular flexibility index (Phi) is 5.69. The molecule has 0 saturated carbocycles. The fourth-order valence-electron chi connectivity index (χ4n) is 4.20. The van der Waals surface area contributed by atoms with E-state index in [1.165, 1.54) is 17.0 Å². The van der Waals surface area contributed by atoms with Crippen LogP contribution in [0.3, 0.4) is 0 Å². The van der Waals surface area contributed by atoms with E-state index in [1.807, 2.05) is 13.0 Å². The number of aromatic hydroxyl groups is 1. The van der Waals surface area contributed by atoms with Gasteiger partial charge in [0.05, 0.1) is 10.9 Å². The lowest BCUT2D eigenvalue weighted by atomic mass is 10.0. The minimum atomic E-state index is -0.0472. The third-order valence-corrected chi connectivity index (χ3v) is 7.34. The van der Waals surface area contributed by atoms with Gasteiger partial charge in [-0.1, -0.05) is 64.5 Å². The number of aryl methyl sites for hydroxylation is 1. The van der Waals surface area contributed by atoms with Crippen molar-refractivity contribution in [3.63, 3.8) is 0 Å². The minimum absolute atomic E-state index is 0.0472. The molecule has 0 unspecified atom stereocenters. The Balaban J connectivity index is 1.49. The van der Waals surface area contributed by atoms with E-state index in [1.54, 1.807) is 4.52 Å². The Labute approximate surface area is 193 Å². The lowest BCUT2D eigenvalue weighted by molar-refractivity contribution is 0.211. The lowest BCUT2D eigenvalue weighted by Crippen LogP contribution is -2.47. The molecule has 2 aromatic carbocycles. The molecule has 160 valence electrons. The highest BCUT2D eigenvalue weighted by Crippen LogP contribution is 2.41. The second-order valence-electron chi connectivity index (χ2n) is 7.68. The fourth-order valence-corrected chi connectivity index (χ4v) is 5.75. The van der Waals surface area contributed by atoms with Gasteiger partial charge in [0, 0.05) is 42.8 Å². The number of thiazole rings is 1. The molecule has 1 atom stereocenters. The Morgan fingerprint density at radius 1 is 1.06 bits per heavy atom. The molecular weight excluding hydrogens is 474 g/mol. The van der Waals surface area contributed by atoms with Crippen molar-refractivity contribution in [3.05, 3.63) is 75.3 Å². The molecule has 8 heteroatoms. The van der Waals surface area contributed by atoms with E-state index in [4.69, 9.17) is 0 Å². The van der Waals surface area contributed by atoms with Gasteiger partial charge in [0.2, 0.25) is 10.8 Å². The number of hydrogen-bond donors (Lipinski definition) is 1. The van der Waals surface area contributed by atoms with Crippen LogP contribution in [-0.4, -0.2) is 50.8 Å². The molecule has 0 radical (unpaired) electrons. The van der Waals surface area contributed by atoms with Crippen molar-refractivity contribution < 1.29 is 5.11 Å². The number of aromatic nitrogens is 3. The van der Waals surface area contributed by atoms with Crippen LogP contribution in [0, 0.1) is 0 Å². The molecule has 0 aliphatic carbocycles. The van der Waals surface area contributed by atoms with Gasteiger partial charge >= 0.3 is 0 Å². The van der Waals surface area contributed by atoms with Crippen molar-refractivity contribution in [2.24, 2.45) is 0 Å². The first-order valence-electron chi connectivity index (χ1n) is 10.5. The molecule has 0 amide bonds. The molecule has 1 saturated heterocycles. The minimum Gasteiger partial charge on any atom is -0.492 e. The monoisotopic (exact) mass is 497 g/mol. The van der Waals surface area contributed by atoms with Gasteiger partial charge in [-0.3, -0.25) is 4.90 Å². The zero-order chi connectivity index (χ0) is 21.4. The molecule has 3 heterocycles. The van der Waals surface area contributed by atoms with Crippen molar-refractivity contribution in [2.75, 3.05) is 31.1 Å². The summed E-state index contributed by atoms with van der Waals surface area (Å²) in [6.07, 6.45) is 0.750. The summed E-state index contributed by atoms with van der Waals surface area (Å²) in [4.78, 5) is 11.1. The van der Waals surface area contributed by atoms with E-state index < -0.39 is 0 Å². The van der Waals surface area contributed by atoms with Crippen LogP contribution >= 0.6 is 27.3 Å². The zero-order valence-electron chi connectivity index (χ0n) is 17.3. The number of rotatable bonds is 5. The maximum atomic E-state index is 11.1. The summed E-state index contributed by atoms with van der Waals surface area (Å²) in [6, 6.07) is 18.9. The van der Waals surface area contributed by atoms with E-state index in [9.17, 15) is 5.11 Å². The SMILES string of the molecule is CCc1nc2sc([C@H](c3cccc(Br)c3)N3CCN(c4ccccc4)CC3)c(O)n2n1. The van der Waals surface area contributed by atoms with Crippen LogP contribution in [0.1, 0.15) is 29.2 Å². The molecule has 4 aromatic rings. The van der Waals surface area contributed by atoms with Crippen molar-refractivity contribution in [3.8, 4) is 5.88 Å². The number of piperazine rings is 1. The van der Waals surface area contributed by atoms with Gasteiger partial charge < -0.3 is 10.0 Å². The highest BCUT2D eigenvalue weighted by molar-refractivity contribution is 9.10. The Hall–Kier alpha value is -2.42. The maximum Gasteiger partial charge on any atom is 0.230 e. The Bertz CT molecular complexity index is 1180. The smallest absolute Gasteiger partial charge is 0.230 e. The fraction of sp³-hybridized carbons (Fsp3) is 0.304. The lowest BCUT2D eigenvalue weighted by Gasteiger charge is -2.40. The molecule has 0 bridgehead atoms. The number of fused-ring (bicyclic) bond motifs is 1. The average molecular weight is 498 g/mol. The number of anilines is 1. The zero-order valence-corrected chi connectivity index (χ0v) is 19.7. The normalized spacial score (nSPS) is 16.1. The summed E-state index contributed by atoms with van der Waals surface area (Å²) < 4.78 is 2.62.